The minimum atomic E-state index is -0.476. The quantitative estimate of drug-likeness (QED) is 0.833. The van der Waals surface area contributed by atoms with E-state index in [-0.39, 0.29) is 25.5 Å². The number of esters is 1. The molecule has 0 heterocycles. The summed E-state index contributed by atoms with van der Waals surface area (Å²) in [4.78, 5) is 23.3. The Morgan fingerprint density at radius 2 is 1.68 bits per heavy atom. The molecule has 114 valence electrons. The standard InChI is InChI=1S/C17H16ClNO3/c18-15-9-5-4-8-14(15)10-16(20)19-11-17(21)22-12-13-6-2-1-3-7-13/h1-9H,10-12H2,(H,19,20). The smallest absolute Gasteiger partial charge is 0.325 e. The number of carbonyl (C=O) groups excluding carboxylic acids is 2. The molecule has 0 aliphatic rings. The molecule has 4 nitrogen and oxygen atoms in total. The number of ether oxygens (including phenoxy) is 1. The van der Waals surface area contributed by atoms with Gasteiger partial charge < -0.3 is 10.1 Å². The lowest BCUT2D eigenvalue weighted by molar-refractivity contribution is -0.145. The van der Waals surface area contributed by atoms with Crippen molar-refractivity contribution in [3.63, 3.8) is 0 Å². The van der Waals surface area contributed by atoms with Crippen molar-refractivity contribution in [1.82, 2.24) is 5.32 Å². The van der Waals surface area contributed by atoms with Crippen LogP contribution in [0.15, 0.2) is 54.6 Å². The third kappa shape index (κ3) is 5.22. The molecule has 0 atom stereocenters. The van der Waals surface area contributed by atoms with Crippen molar-refractivity contribution in [3.05, 3.63) is 70.7 Å². The third-order valence-electron chi connectivity index (χ3n) is 2.98. The van der Waals surface area contributed by atoms with Crippen LogP contribution in [0.5, 0.6) is 0 Å². The minimum Gasteiger partial charge on any atom is -0.460 e. The Balaban J connectivity index is 1.72. The van der Waals surface area contributed by atoms with Crippen molar-refractivity contribution in [3.8, 4) is 0 Å². The number of hydrogen-bond acceptors (Lipinski definition) is 3. The van der Waals surface area contributed by atoms with E-state index in [1.807, 2.05) is 36.4 Å². The van der Waals surface area contributed by atoms with Crippen molar-refractivity contribution >= 4 is 23.5 Å². The first kappa shape index (κ1) is 16.0. The average molecular weight is 318 g/mol. The van der Waals surface area contributed by atoms with Crippen molar-refractivity contribution in [2.24, 2.45) is 0 Å². The van der Waals surface area contributed by atoms with Gasteiger partial charge in [-0.3, -0.25) is 9.59 Å². The number of amides is 1. The fourth-order valence-electron chi connectivity index (χ4n) is 1.84. The van der Waals surface area contributed by atoms with Gasteiger partial charge in [0, 0.05) is 5.02 Å². The maximum atomic E-state index is 11.8. The average Bonchev–Trinajstić information content (AvgIpc) is 2.54. The summed E-state index contributed by atoms with van der Waals surface area (Å²) in [5.41, 5.74) is 1.62. The zero-order valence-corrected chi connectivity index (χ0v) is 12.7. The summed E-state index contributed by atoms with van der Waals surface area (Å²) in [7, 11) is 0. The van der Waals surface area contributed by atoms with Crippen LogP contribution < -0.4 is 5.32 Å². The van der Waals surface area contributed by atoms with Crippen LogP contribution in [0.25, 0.3) is 0 Å². The van der Waals surface area contributed by atoms with Crippen LogP contribution in [0.1, 0.15) is 11.1 Å². The van der Waals surface area contributed by atoms with E-state index in [4.69, 9.17) is 16.3 Å². The molecule has 0 saturated carbocycles. The van der Waals surface area contributed by atoms with E-state index < -0.39 is 5.97 Å². The predicted octanol–water partition coefficient (Wildman–Crippen LogP) is 2.74. The number of carbonyl (C=O) groups is 2. The summed E-state index contributed by atoms with van der Waals surface area (Å²) in [6.07, 6.45) is 0.131. The van der Waals surface area contributed by atoms with E-state index >= 15 is 0 Å². The molecule has 0 bridgehead atoms. The monoisotopic (exact) mass is 317 g/mol. The highest BCUT2D eigenvalue weighted by molar-refractivity contribution is 6.31. The van der Waals surface area contributed by atoms with Gasteiger partial charge in [0.05, 0.1) is 6.42 Å². The van der Waals surface area contributed by atoms with Gasteiger partial charge in [-0.05, 0) is 17.2 Å². The molecule has 2 aromatic rings. The highest BCUT2D eigenvalue weighted by Crippen LogP contribution is 2.15. The van der Waals surface area contributed by atoms with Gasteiger partial charge in [0.25, 0.3) is 0 Å². The summed E-state index contributed by atoms with van der Waals surface area (Å²) in [6.45, 7) is 0.0379. The number of nitrogens with one attached hydrogen (secondary N) is 1. The van der Waals surface area contributed by atoms with E-state index in [1.165, 1.54) is 0 Å². The van der Waals surface area contributed by atoms with Gasteiger partial charge in [0.2, 0.25) is 5.91 Å². The minimum absolute atomic E-state index is 0.131. The lowest BCUT2D eigenvalue weighted by Crippen LogP contribution is -2.31. The summed E-state index contributed by atoms with van der Waals surface area (Å²) >= 11 is 5.98. The third-order valence-corrected chi connectivity index (χ3v) is 3.35. The van der Waals surface area contributed by atoms with E-state index in [0.29, 0.717) is 5.02 Å². The van der Waals surface area contributed by atoms with Crippen LogP contribution >= 0.6 is 11.6 Å². The molecule has 2 aromatic carbocycles. The first-order valence-electron chi connectivity index (χ1n) is 6.85. The molecule has 0 spiro atoms. The molecular weight excluding hydrogens is 302 g/mol. The zero-order chi connectivity index (χ0) is 15.8. The summed E-state index contributed by atoms with van der Waals surface area (Å²) < 4.78 is 5.07. The lowest BCUT2D eigenvalue weighted by Gasteiger charge is -2.07. The molecule has 2 rings (SSSR count). The van der Waals surface area contributed by atoms with Crippen LogP contribution in [0, 0.1) is 0 Å². The van der Waals surface area contributed by atoms with E-state index in [9.17, 15) is 9.59 Å². The summed E-state index contributed by atoms with van der Waals surface area (Å²) in [5.74, 6) is -0.749. The van der Waals surface area contributed by atoms with Gasteiger partial charge in [0.15, 0.2) is 0 Å². The number of rotatable bonds is 6. The van der Waals surface area contributed by atoms with Crippen LogP contribution in [-0.4, -0.2) is 18.4 Å². The molecule has 0 aliphatic heterocycles. The Labute approximate surface area is 134 Å². The molecule has 0 fully saturated rings. The van der Waals surface area contributed by atoms with E-state index in [1.54, 1.807) is 18.2 Å². The Morgan fingerprint density at radius 1 is 1.00 bits per heavy atom. The van der Waals surface area contributed by atoms with Crippen molar-refractivity contribution < 1.29 is 14.3 Å². The highest BCUT2D eigenvalue weighted by Gasteiger charge is 2.09. The number of halogens is 1. The largest absolute Gasteiger partial charge is 0.460 e. The van der Waals surface area contributed by atoms with Crippen molar-refractivity contribution in [2.45, 2.75) is 13.0 Å². The van der Waals surface area contributed by atoms with Gasteiger partial charge in [0.1, 0.15) is 13.2 Å². The fourth-order valence-corrected chi connectivity index (χ4v) is 2.04. The predicted molar refractivity (Wildman–Crippen MR) is 84.4 cm³/mol. The molecule has 0 radical (unpaired) electrons. The van der Waals surface area contributed by atoms with Gasteiger partial charge in [-0.25, -0.2) is 0 Å². The van der Waals surface area contributed by atoms with E-state index in [0.717, 1.165) is 11.1 Å². The summed E-state index contributed by atoms with van der Waals surface area (Å²) in [6, 6.07) is 16.5. The van der Waals surface area contributed by atoms with Gasteiger partial charge >= 0.3 is 5.97 Å². The number of benzene rings is 2. The Bertz CT molecular complexity index is 643. The number of hydrogen-bond donors (Lipinski definition) is 1. The van der Waals surface area contributed by atoms with Gasteiger partial charge in [-0.15, -0.1) is 0 Å². The molecule has 0 aromatic heterocycles. The fraction of sp³-hybridized carbons (Fsp3) is 0.176. The first-order chi connectivity index (χ1) is 10.6. The lowest BCUT2D eigenvalue weighted by atomic mass is 10.1. The molecular formula is C17H16ClNO3. The highest BCUT2D eigenvalue weighted by atomic mass is 35.5. The molecule has 0 saturated heterocycles. The molecule has 1 amide bonds. The second-order valence-electron chi connectivity index (χ2n) is 4.69. The maximum Gasteiger partial charge on any atom is 0.325 e. The van der Waals surface area contributed by atoms with Gasteiger partial charge in [-0.2, -0.15) is 0 Å². The molecule has 0 aliphatic carbocycles. The molecule has 1 N–H and O–H groups in total. The van der Waals surface area contributed by atoms with Gasteiger partial charge in [-0.1, -0.05) is 60.1 Å². The van der Waals surface area contributed by atoms with Crippen LogP contribution in [0.2, 0.25) is 5.02 Å². The van der Waals surface area contributed by atoms with Crippen LogP contribution in [0.4, 0.5) is 0 Å². The molecule has 22 heavy (non-hydrogen) atoms. The topological polar surface area (TPSA) is 55.4 Å². The second-order valence-corrected chi connectivity index (χ2v) is 5.10. The van der Waals surface area contributed by atoms with Crippen molar-refractivity contribution in [1.29, 1.82) is 0 Å². The van der Waals surface area contributed by atoms with Crippen LogP contribution in [0.3, 0.4) is 0 Å². The SMILES string of the molecule is O=C(Cc1ccccc1Cl)NCC(=O)OCc1ccccc1. The molecule has 5 heteroatoms. The van der Waals surface area contributed by atoms with Crippen molar-refractivity contribution in [2.75, 3.05) is 6.54 Å². The summed E-state index contributed by atoms with van der Waals surface area (Å²) in [5, 5.41) is 3.05. The van der Waals surface area contributed by atoms with Crippen LogP contribution in [-0.2, 0) is 27.4 Å². The zero-order valence-electron chi connectivity index (χ0n) is 11.9. The normalized spacial score (nSPS) is 10.0. The Morgan fingerprint density at radius 3 is 2.41 bits per heavy atom. The first-order valence-corrected chi connectivity index (χ1v) is 7.22. The van der Waals surface area contributed by atoms with E-state index in [2.05, 4.69) is 5.32 Å². The Hall–Kier alpha value is -2.33. The second kappa shape index (κ2) is 8.20. The maximum absolute atomic E-state index is 11.8. The Kier molecular flexibility index (Phi) is 5.98. The molecule has 0 unspecified atom stereocenters.